The van der Waals surface area contributed by atoms with E-state index in [0.717, 1.165) is 16.8 Å². The maximum atomic E-state index is 11.7. The van der Waals surface area contributed by atoms with Gasteiger partial charge in [-0.3, -0.25) is 4.79 Å². The summed E-state index contributed by atoms with van der Waals surface area (Å²) in [6, 6.07) is 5.73. The average molecular weight is 190 g/mol. The highest BCUT2D eigenvalue weighted by atomic mass is 16.1. The van der Waals surface area contributed by atoms with Crippen molar-refractivity contribution in [2.24, 2.45) is 5.73 Å². The number of carbonyl (C=O) groups excluding carboxylic acids is 1. The highest BCUT2D eigenvalue weighted by Crippen LogP contribution is 2.35. The molecule has 0 saturated carbocycles. The van der Waals surface area contributed by atoms with Crippen LogP contribution in [0.3, 0.4) is 0 Å². The third-order valence-electron chi connectivity index (χ3n) is 2.64. The van der Waals surface area contributed by atoms with Gasteiger partial charge < -0.3 is 10.6 Å². The summed E-state index contributed by atoms with van der Waals surface area (Å²) in [7, 11) is 3.87. The van der Waals surface area contributed by atoms with Crippen molar-refractivity contribution in [2.75, 3.05) is 19.0 Å². The summed E-state index contributed by atoms with van der Waals surface area (Å²) in [5.74, 6) is 0.164. The van der Waals surface area contributed by atoms with Crippen molar-refractivity contribution >= 4 is 11.5 Å². The van der Waals surface area contributed by atoms with E-state index in [1.54, 1.807) is 0 Å². The molecule has 0 fully saturated rings. The van der Waals surface area contributed by atoms with Crippen LogP contribution < -0.4 is 10.6 Å². The molecule has 0 aromatic heterocycles. The van der Waals surface area contributed by atoms with Gasteiger partial charge in [-0.15, -0.1) is 0 Å². The molecule has 14 heavy (non-hydrogen) atoms. The molecule has 0 aliphatic heterocycles. The molecule has 2 rings (SSSR count). The van der Waals surface area contributed by atoms with Crippen LogP contribution in [0.2, 0.25) is 0 Å². The van der Waals surface area contributed by atoms with Gasteiger partial charge in [-0.05, 0) is 11.6 Å². The Kier molecular flexibility index (Phi) is 2.04. The third kappa shape index (κ3) is 1.21. The molecule has 3 heteroatoms. The predicted octanol–water partition coefficient (Wildman–Crippen LogP) is 1.34. The number of fused-ring (bicyclic) bond motifs is 1. The lowest BCUT2D eigenvalue weighted by Crippen LogP contribution is -2.12. The number of hydrogen-bond acceptors (Lipinski definition) is 3. The molecule has 0 amide bonds. The zero-order valence-electron chi connectivity index (χ0n) is 8.45. The predicted molar refractivity (Wildman–Crippen MR) is 56.6 cm³/mol. The average Bonchev–Trinajstić information content (AvgIpc) is 2.43. The van der Waals surface area contributed by atoms with E-state index in [-0.39, 0.29) is 11.8 Å². The third-order valence-corrected chi connectivity index (χ3v) is 2.64. The minimum Gasteiger partial charge on any atom is -0.377 e. The number of ketones is 1. The topological polar surface area (TPSA) is 46.3 Å². The first-order chi connectivity index (χ1) is 6.61. The lowest BCUT2D eigenvalue weighted by atomic mass is 10.1. The lowest BCUT2D eigenvalue weighted by Gasteiger charge is -2.16. The molecule has 1 aliphatic carbocycles. The van der Waals surface area contributed by atoms with E-state index in [2.05, 4.69) is 0 Å². The number of benzene rings is 1. The Balaban J connectivity index is 2.62. The molecular weight excluding hydrogens is 176 g/mol. The fourth-order valence-corrected chi connectivity index (χ4v) is 1.95. The van der Waals surface area contributed by atoms with Crippen LogP contribution in [0.25, 0.3) is 0 Å². The van der Waals surface area contributed by atoms with Crippen molar-refractivity contribution in [3.05, 3.63) is 29.3 Å². The summed E-state index contributed by atoms with van der Waals surface area (Å²) >= 11 is 0. The molecule has 3 nitrogen and oxygen atoms in total. The van der Waals surface area contributed by atoms with E-state index in [9.17, 15) is 4.79 Å². The maximum Gasteiger partial charge on any atom is 0.167 e. The fourth-order valence-electron chi connectivity index (χ4n) is 1.95. The number of Topliss-reactive ketones (excluding diaryl/α,β-unsaturated/α-hetero) is 1. The lowest BCUT2D eigenvalue weighted by molar-refractivity contribution is 0.0990. The van der Waals surface area contributed by atoms with Crippen molar-refractivity contribution < 1.29 is 4.79 Å². The molecule has 0 bridgehead atoms. The zero-order valence-corrected chi connectivity index (χ0v) is 8.45. The Bertz CT molecular complexity index is 385. The first kappa shape index (κ1) is 9.21. The van der Waals surface area contributed by atoms with Gasteiger partial charge in [-0.25, -0.2) is 0 Å². The summed E-state index contributed by atoms with van der Waals surface area (Å²) in [6.07, 6.45) is 0.445. The van der Waals surface area contributed by atoms with Crippen LogP contribution in [0.1, 0.15) is 28.4 Å². The first-order valence-corrected chi connectivity index (χ1v) is 4.70. The number of rotatable bonds is 1. The van der Waals surface area contributed by atoms with E-state index < -0.39 is 0 Å². The minimum atomic E-state index is -0.114. The zero-order chi connectivity index (χ0) is 10.3. The summed E-state index contributed by atoms with van der Waals surface area (Å²) in [5, 5.41) is 0. The second-order valence-electron chi connectivity index (χ2n) is 3.87. The normalized spacial score (nSPS) is 19.6. The molecule has 74 valence electrons. The Hall–Kier alpha value is -1.35. The number of nitrogens with zero attached hydrogens (tertiary/aromatic N) is 1. The summed E-state index contributed by atoms with van der Waals surface area (Å²) in [4.78, 5) is 13.6. The Morgan fingerprint density at radius 2 is 2.14 bits per heavy atom. The van der Waals surface area contributed by atoms with Gasteiger partial charge in [-0.1, -0.05) is 12.1 Å². The molecule has 1 aromatic carbocycles. The summed E-state index contributed by atoms with van der Waals surface area (Å²) < 4.78 is 0. The van der Waals surface area contributed by atoms with Gasteiger partial charge in [0.2, 0.25) is 0 Å². The van der Waals surface area contributed by atoms with Crippen molar-refractivity contribution in [1.29, 1.82) is 0 Å². The van der Waals surface area contributed by atoms with Crippen molar-refractivity contribution in [1.82, 2.24) is 0 Å². The molecule has 0 saturated heterocycles. The summed E-state index contributed by atoms with van der Waals surface area (Å²) in [6.45, 7) is 0. The molecule has 0 heterocycles. The number of anilines is 1. The van der Waals surface area contributed by atoms with E-state index in [1.165, 1.54) is 0 Å². The molecular formula is C11H14N2O. The van der Waals surface area contributed by atoms with Gasteiger partial charge in [-0.2, -0.15) is 0 Å². The van der Waals surface area contributed by atoms with Crippen molar-refractivity contribution in [3.63, 3.8) is 0 Å². The van der Waals surface area contributed by atoms with Crippen LogP contribution in [-0.2, 0) is 0 Å². The first-order valence-electron chi connectivity index (χ1n) is 4.70. The Morgan fingerprint density at radius 1 is 1.43 bits per heavy atom. The van der Waals surface area contributed by atoms with E-state index in [4.69, 9.17) is 5.73 Å². The highest BCUT2D eigenvalue weighted by molar-refractivity contribution is 6.06. The molecule has 1 atom stereocenters. The number of hydrogen-bond donors (Lipinski definition) is 1. The highest BCUT2D eigenvalue weighted by Gasteiger charge is 2.29. The van der Waals surface area contributed by atoms with Crippen LogP contribution >= 0.6 is 0 Å². The quantitative estimate of drug-likeness (QED) is 0.727. The van der Waals surface area contributed by atoms with Crippen LogP contribution in [0.15, 0.2) is 18.2 Å². The molecule has 2 N–H and O–H groups in total. The van der Waals surface area contributed by atoms with Crippen LogP contribution in [0, 0.1) is 0 Å². The van der Waals surface area contributed by atoms with Gasteiger partial charge in [0, 0.05) is 37.8 Å². The smallest absolute Gasteiger partial charge is 0.167 e. The molecule has 0 spiro atoms. The molecule has 0 radical (unpaired) electrons. The largest absolute Gasteiger partial charge is 0.377 e. The van der Waals surface area contributed by atoms with Crippen molar-refractivity contribution in [2.45, 2.75) is 12.5 Å². The maximum absolute atomic E-state index is 11.7. The van der Waals surface area contributed by atoms with Crippen molar-refractivity contribution in [3.8, 4) is 0 Å². The van der Waals surface area contributed by atoms with Crippen LogP contribution in [0.4, 0.5) is 5.69 Å². The van der Waals surface area contributed by atoms with E-state index in [0.29, 0.717) is 6.42 Å². The second kappa shape index (κ2) is 3.10. The summed E-state index contributed by atoms with van der Waals surface area (Å²) in [5.41, 5.74) is 8.64. The van der Waals surface area contributed by atoms with Gasteiger partial charge in [0.25, 0.3) is 0 Å². The fraction of sp³-hybridized carbons (Fsp3) is 0.364. The van der Waals surface area contributed by atoms with Gasteiger partial charge in [0.1, 0.15) is 0 Å². The van der Waals surface area contributed by atoms with Gasteiger partial charge in [0.05, 0.1) is 0 Å². The number of nitrogens with two attached hydrogens (primary N) is 1. The standard InChI is InChI=1S/C11H14N2O/c1-13(2)9-5-3-4-7-8(12)6-10(14)11(7)9/h3-5,8H,6,12H2,1-2H3/t8-/m0/s1. The van der Waals surface area contributed by atoms with Gasteiger partial charge >= 0.3 is 0 Å². The number of carbonyl (C=O) groups is 1. The van der Waals surface area contributed by atoms with Gasteiger partial charge in [0.15, 0.2) is 5.78 Å². The molecule has 1 aromatic rings. The second-order valence-corrected chi connectivity index (χ2v) is 3.87. The van der Waals surface area contributed by atoms with Crippen LogP contribution in [0.5, 0.6) is 0 Å². The minimum absolute atomic E-state index is 0.114. The SMILES string of the molecule is CN(C)c1cccc2c1C(=O)C[C@@H]2N. The van der Waals surface area contributed by atoms with Crippen LogP contribution in [-0.4, -0.2) is 19.9 Å². The Labute approximate surface area is 83.5 Å². The monoisotopic (exact) mass is 190 g/mol. The van der Waals surface area contributed by atoms with E-state index in [1.807, 2.05) is 37.2 Å². The van der Waals surface area contributed by atoms with E-state index >= 15 is 0 Å². The Morgan fingerprint density at radius 3 is 2.79 bits per heavy atom. The molecule has 0 unspecified atom stereocenters. The molecule has 1 aliphatic rings.